The van der Waals surface area contributed by atoms with Gasteiger partial charge in [0.2, 0.25) is 0 Å². The summed E-state index contributed by atoms with van der Waals surface area (Å²) in [5.74, 6) is 2.02. The van der Waals surface area contributed by atoms with Gasteiger partial charge in [0.05, 0.1) is 11.4 Å². The molecule has 0 bridgehead atoms. The molecular weight excluding hydrogens is 236 g/mol. The fourth-order valence-electron chi connectivity index (χ4n) is 1.98. The summed E-state index contributed by atoms with van der Waals surface area (Å²) in [6.45, 7) is 4.37. The minimum atomic E-state index is 0.488. The van der Waals surface area contributed by atoms with Gasteiger partial charge in [-0.05, 0) is 36.1 Å². The molecule has 2 aromatic carbocycles. The van der Waals surface area contributed by atoms with Gasteiger partial charge in [-0.3, -0.25) is 0 Å². The fourth-order valence-corrected chi connectivity index (χ4v) is 1.98. The monoisotopic (exact) mass is 256 g/mol. The van der Waals surface area contributed by atoms with Gasteiger partial charge >= 0.3 is 0 Å². The van der Waals surface area contributed by atoms with Crippen LogP contribution in [0.2, 0.25) is 0 Å². The van der Waals surface area contributed by atoms with Crippen molar-refractivity contribution in [3.8, 4) is 11.5 Å². The topological polar surface area (TPSA) is 61.3 Å². The number of para-hydroxylation sites is 2. The van der Waals surface area contributed by atoms with Gasteiger partial charge in [0.15, 0.2) is 5.75 Å². The van der Waals surface area contributed by atoms with Crippen molar-refractivity contribution in [2.24, 2.45) is 5.92 Å². The van der Waals surface area contributed by atoms with E-state index in [9.17, 15) is 0 Å². The molecule has 2 aromatic rings. The Balaban J connectivity index is 2.30. The molecule has 0 aliphatic rings. The van der Waals surface area contributed by atoms with Gasteiger partial charge in [0.25, 0.3) is 0 Å². The van der Waals surface area contributed by atoms with Crippen molar-refractivity contribution in [3.63, 3.8) is 0 Å². The summed E-state index contributed by atoms with van der Waals surface area (Å²) in [5.41, 5.74) is 13.9. The van der Waals surface area contributed by atoms with Gasteiger partial charge in [-0.2, -0.15) is 0 Å². The Labute approximate surface area is 114 Å². The summed E-state index contributed by atoms with van der Waals surface area (Å²) in [7, 11) is 0. The van der Waals surface area contributed by atoms with Crippen LogP contribution in [0.5, 0.6) is 11.5 Å². The lowest BCUT2D eigenvalue weighted by molar-refractivity contribution is 0.473. The van der Waals surface area contributed by atoms with Crippen molar-refractivity contribution in [3.05, 3.63) is 48.0 Å². The Morgan fingerprint density at radius 1 is 0.947 bits per heavy atom. The van der Waals surface area contributed by atoms with E-state index in [0.29, 0.717) is 23.0 Å². The second kappa shape index (κ2) is 5.65. The zero-order valence-electron chi connectivity index (χ0n) is 11.4. The van der Waals surface area contributed by atoms with Crippen LogP contribution in [0.15, 0.2) is 42.5 Å². The van der Waals surface area contributed by atoms with E-state index in [4.69, 9.17) is 16.2 Å². The fraction of sp³-hybridized carbons (Fsp3) is 0.250. The average molecular weight is 256 g/mol. The van der Waals surface area contributed by atoms with Crippen molar-refractivity contribution in [2.75, 3.05) is 11.5 Å². The lowest BCUT2D eigenvalue weighted by Gasteiger charge is -2.14. The Morgan fingerprint density at radius 2 is 1.63 bits per heavy atom. The maximum Gasteiger partial charge on any atom is 0.152 e. The molecular formula is C16H20N2O. The van der Waals surface area contributed by atoms with E-state index in [2.05, 4.69) is 19.9 Å². The van der Waals surface area contributed by atoms with E-state index in [1.165, 1.54) is 5.56 Å². The molecule has 0 saturated carbocycles. The van der Waals surface area contributed by atoms with Crippen molar-refractivity contribution in [1.82, 2.24) is 0 Å². The number of benzene rings is 2. The van der Waals surface area contributed by atoms with Crippen LogP contribution >= 0.6 is 0 Å². The lowest BCUT2D eigenvalue weighted by atomic mass is 10.0. The number of rotatable bonds is 4. The Bertz CT molecular complexity index is 564. The maximum atomic E-state index is 5.93. The molecule has 0 aliphatic heterocycles. The number of hydrogen-bond donors (Lipinski definition) is 2. The minimum absolute atomic E-state index is 0.488. The third-order valence-electron chi connectivity index (χ3n) is 2.92. The van der Waals surface area contributed by atoms with E-state index in [1.807, 2.05) is 30.3 Å². The Hall–Kier alpha value is -2.16. The lowest BCUT2D eigenvalue weighted by Crippen LogP contribution is -2.00. The van der Waals surface area contributed by atoms with Gasteiger partial charge in [-0.25, -0.2) is 0 Å². The van der Waals surface area contributed by atoms with Gasteiger partial charge in [-0.15, -0.1) is 0 Å². The number of nitrogens with two attached hydrogens (primary N) is 2. The first-order chi connectivity index (χ1) is 9.08. The van der Waals surface area contributed by atoms with Crippen LogP contribution in [0.3, 0.4) is 0 Å². The van der Waals surface area contributed by atoms with Crippen LogP contribution in [-0.2, 0) is 6.42 Å². The van der Waals surface area contributed by atoms with Gasteiger partial charge < -0.3 is 16.2 Å². The molecule has 0 radical (unpaired) electrons. The molecule has 0 spiro atoms. The summed E-state index contributed by atoms with van der Waals surface area (Å²) >= 11 is 0. The molecule has 100 valence electrons. The molecule has 0 heterocycles. The molecule has 2 rings (SSSR count). The van der Waals surface area contributed by atoms with Gasteiger partial charge in [0, 0.05) is 0 Å². The summed E-state index contributed by atoms with van der Waals surface area (Å²) in [4.78, 5) is 0. The highest BCUT2D eigenvalue weighted by atomic mass is 16.5. The predicted molar refractivity (Wildman–Crippen MR) is 80.3 cm³/mol. The van der Waals surface area contributed by atoms with Gasteiger partial charge in [-0.1, -0.05) is 38.1 Å². The summed E-state index contributed by atoms with van der Waals surface area (Å²) in [6, 6.07) is 13.5. The Kier molecular flexibility index (Phi) is 3.95. The van der Waals surface area contributed by atoms with Crippen molar-refractivity contribution in [1.29, 1.82) is 0 Å². The van der Waals surface area contributed by atoms with Crippen LogP contribution in [0, 0.1) is 5.92 Å². The normalized spacial score (nSPS) is 10.7. The zero-order valence-corrected chi connectivity index (χ0v) is 11.4. The number of hydrogen-bond acceptors (Lipinski definition) is 3. The van der Waals surface area contributed by atoms with E-state index in [-0.39, 0.29) is 0 Å². The van der Waals surface area contributed by atoms with Crippen molar-refractivity contribution in [2.45, 2.75) is 20.3 Å². The highest BCUT2D eigenvalue weighted by Gasteiger charge is 2.09. The van der Waals surface area contributed by atoms with E-state index >= 15 is 0 Å². The van der Waals surface area contributed by atoms with E-state index in [1.54, 1.807) is 6.07 Å². The first-order valence-corrected chi connectivity index (χ1v) is 6.47. The predicted octanol–water partition coefficient (Wildman–Crippen LogP) is 3.84. The molecule has 0 aliphatic carbocycles. The Morgan fingerprint density at radius 3 is 2.37 bits per heavy atom. The summed E-state index contributed by atoms with van der Waals surface area (Å²) < 4.78 is 5.92. The molecule has 0 atom stereocenters. The maximum absolute atomic E-state index is 5.93. The van der Waals surface area contributed by atoms with Crippen molar-refractivity contribution >= 4 is 11.4 Å². The highest BCUT2D eigenvalue weighted by molar-refractivity contribution is 5.71. The largest absolute Gasteiger partial charge is 0.455 e. The average Bonchev–Trinajstić information content (AvgIpc) is 2.36. The molecule has 3 heteroatoms. The number of anilines is 2. The molecule has 0 unspecified atom stereocenters. The third kappa shape index (κ3) is 3.19. The van der Waals surface area contributed by atoms with E-state index < -0.39 is 0 Å². The molecule has 4 N–H and O–H groups in total. The number of ether oxygens (including phenoxy) is 1. The SMILES string of the molecule is CC(C)Cc1ccccc1Oc1cccc(N)c1N. The molecule has 0 aromatic heterocycles. The molecule has 0 amide bonds. The highest BCUT2D eigenvalue weighted by Crippen LogP contribution is 2.33. The second-order valence-electron chi connectivity index (χ2n) is 5.07. The molecule has 19 heavy (non-hydrogen) atoms. The first kappa shape index (κ1) is 13.3. The number of nitrogen functional groups attached to an aromatic ring is 2. The van der Waals surface area contributed by atoms with Gasteiger partial charge in [0.1, 0.15) is 5.75 Å². The van der Waals surface area contributed by atoms with Crippen LogP contribution in [0.4, 0.5) is 11.4 Å². The third-order valence-corrected chi connectivity index (χ3v) is 2.92. The zero-order chi connectivity index (χ0) is 13.8. The summed E-state index contributed by atoms with van der Waals surface area (Å²) in [5, 5.41) is 0. The van der Waals surface area contributed by atoms with Crippen LogP contribution < -0.4 is 16.2 Å². The molecule has 0 fully saturated rings. The molecule has 0 saturated heterocycles. The first-order valence-electron chi connectivity index (χ1n) is 6.47. The summed E-state index contributed by atoms with van der Waals surface area (Å²) in [6.07, 6.45) is 0.971. The minimum Gasteiger partial charge on any atom is -0.455 e. The second-order valence-corrected chi connectivity index (χ2v) is 5.07. The van der Waals surface area contributed by atoms with E-state index in [0.717, 1.165) is 12.2 Å². The molecule has 3 nitrogen and oxygen atoms in total. The van der Waals surface area contributed by atoms with Crippen molar-refractivity contribution < 1.29 is 4.74 Å². The van der Waals surface area contributed by atoms with Crippen LogP contribution in [0.25, 0.3) is 0 Å². The van der Waals surface area contributed by atoms with Crippen LogP contribution in [-0.4, -0.2) is 0 Å². The quantitative estimate of drug-likeness (QED) is 0.817. The van der Waals surface area contributed by atoms with Crippen LogP contribution in [0.1, 0.15) is 19.4 Å². The standard InChI is InChI=1S/C16H20N2O/c1-11(2)10-12-6-3-4-8-14(12)19-15-9-5-7-13(17)16(15)18/h3-9,11H,10,17-18H2,1-2H3. The smallest absolute Gasteiger partial charge is 0.152 e.